The number of carbonyl (C=O) groups excluding carboxylic acids is 1. The van der Waals surface area contributed by atoms with Gasteiger partial charge in [0.15, 0.2) is 0 Å². The molecule has 2 rings (SSSR count). The standard InChI is InChI=1S/C11H10ClNO4/c12-7-2-1-3-8(6-7)13-5-4-11(17,9(13)14)10(15)16/h1-3,6,17H,4-5H2,(H,15,16). The van der Waals surface area contributed by atoms with Gasteiger partial charge in [0.05, 0.1) is 0 Å². The summed E-state index contributed by atoms with van der Waals surface area (Å²) in [5.41, 5.74) is -1.83. The fourth-order valence-electron chi connectivity index (χ4n) is 1.79. The van der Waals surface area contributed by atoms with Gasteiger partial charge in [-0.25, -0.2) is 4.79 Å². The van der Waals surface area contributed by atoms with Crippen molar-refractivity contribution in [2.45, 2.75) is 12.0 Å². The van der Waals surface area contributed by atoms with Gasteiger partial charge >= 0.3 is 5.97 Å². The number of halogens is 1. The normalized spacial score (nSPS) is 24.1. The average molecular weight is 256 g/mol. The van der Waals surface area contributed by atoms with Crippen molar-refractivity contribution in [3.8, 4) is 0 Å². The molecule has 1 saturated heterocycles. The fraction of sp³-hybridized carbons (Fsp3) is 0.273. The van der Waals surface area contributed by atoms with Gasteiger partial charge in [0, 0.05) is 23.7 Å². The Kier molecular flexibility index (Phi) is 2.81. The first-order valence-electron chi connectivity index (χ1n) is 4.98. The Morgan fingerprint density at radius 3 is 2.71 bits per heavy atom. The number of carboxylic acids is 1. The van der Waals surface area contributed by atoms with Crippen molar-refractivity contribution in [1.82, 2.24) is 0 Å². The third-order valence-corrected chi connectivity index (χ3v) is 3.00. The number of nitrogens with zero attached hydrogens (tertiary/aromatic N) is 1. The van der Waals surface area contributed by atoms with Crippen molar-refractivity contribution in [3.05, 3.63) is 29.3 Å². The second kappa shape index (κ2) is 4.01. The largest absolute Gasteiger partial charge is 0.479 e. The molecule has 0 saturated carbocycles. The fourth-order valence-corrected chi connectivity index (χ4v) is 1.98. The number of rotatable bonds is 2. The lowest BCUT2D eigenvalue weighted by Crippen LogP contribution is -2.46. The van der Waals surface area contributed by atoms with E-state index < -0.39 is 17.5 Å². The van der Waals surface area contributed by atoms with E-state index in [1.54, 1.807) is 24.3 Å². The number of aliphatic hydroxyl groups is 1. The summed E-state index contributed by atoms with van der Waals surface area (Å²) in [6, 6.07) is 6.49. The molecule has 0 aliphatic carbocycles. The molecular weight excluding hydrogens is 246 g/mol. The summed E-state index contributed by atoms with van der Waals surface area (Å²) in [5.74, 6) is -2.35. The Bertz CT molecular complexity index is 490. The first kappa shape index (κ1) is 11.9. The van der Waals surface area contributed by atoms with Crippen molar-refractivity contribution in [1.29, 1.82) is 0 Å². The van der Waals surface area contributed by atoms with Gasteiger partial charge in [-0.2, -0.15) is 0 Å². The van der Waals surface area contributed by atoms with Crippen LogP contribution in [0.1, 0.15) is 6.42 Å². The van der Waals surface area contributed by atoms with Gasteiger partial charge in [-0.1, -0.05) is 17.7 Å². The van der Waals surface area contributed by atoms with Crippen molar-refractivity contribution < 1.29 is 19.8 Å². The Balaban J connectivity index is 2.33. The highest BCUT2D eigenvalue weighted by molar-refractivity contribution is 6.31. The Morgan fingerprint density at radius 2 is 2.18 bits per heavy atom. The van der Waals surface area contributed by atoms with Crippen LogP contribution in [0.4, 0.5) is 5.69 Å². The number of anilines is 1. The highest BCUT2D eigenvalue weighted by Gasteiger charge is 2.52. The van der Waals surface area contributed by atoms with E-state index in [9.17, 15) is 14.7 Å². The van der Waals surface area contributed by atoms with E-state index in [1.165, 1.54) is 4.90 Å². The molecule has 90 valence electrons. The molecule has 1 aliphatic rings. The van der Waals surface area contributed by atoms with Crippen LogP contribution < -0.4 is 4.90 Å². The molecule has 1 aliphatic heterocycles. The number of hydrogen-bond acceptors (Lipinski definition) is 3. The number of carboxylic acid groups (broad SMARTS) is 1. The van der Waals surface area contributed by atoms with Crippen LogP contribution in [0.3, 0.4) is 0 Å². The van der Waals surface area contributed by atoms with Crippen LogP contribution in [0.2, 0.25) is 5.02 Å². The zero-order valence-electron chi connectivity index (χ0n) is 8.76. The van der Waals surface area contributed by atoms with Crippen LogP contribution in [-0.4, -0.2) is 34.2 Å². The molecule has 5 nitrogen and oxygen atoms in total. The maximum atomic E-state index is 11.8. The van der Waals surface area contributed by atoms with Gasteiger partial charge in [-0.05, 0) is 18.2 Å². The molecule has 0 bridgehead atoms. The molecule has 6 heteroatoms. The van der Waals surface area contributed by atoms with Gasteiger partial charge in [-0.15, -0.1) is 0 Å². The lowest BCUT2D eigenvalue weighted by Gasteiger charge is -2.19. The third-order valence-electron chi connectivity index (χ3n) is 2.77. The van der Waals surface area contributed by atoms with Crippen LogP contribution >= 0.6 is 11.6 Å². The topological polar surface area (TPSA) is 77.8 Å². The highest BCUT2D eigenvalue weighted by Crippen LogP contribution is 2.29. The van der Waals surface area contributed by atoms with E-state index in [2.05, 4.69) is 0 Å². The minimum absolute atomic E-state index is 0.131. The number of carbonyl (C=O) groups is 2. The molecule has 1 fully saturated rings. The smallest absolute Gasteiger partial charge is 0.345 e. The zero-order valence-corrected chi connectivity index (χ0v) is 9.52. The van der Waals surface area contributed by atoms with Gasteiger partial charge in [0.2, 0.25) is 5.60 Å². The predicted molar refractivity (Wildman–Crippen MR) is 61.0 cm³/mol. The molecule has 0 spiro atoms. The molecule has 1 atom stereocenters. The molecule has 2 N–H and O–H groups in total. The summed E-state index contributed by atoms with van der Waals surface area (Å²) < 4.78 is 0. The summed E-state index contributed by atoms with van der Waals surface area (Å²) in [6.07, 6.45) is -0.131. The number of benzene rings is 1. The molecule has 0 radical (unpaired) electrons. The predicted octanol–water partition coefficient (Wildman–Crippen LogP) is 0.892. The second-order valence-corrected chi connectivity index (χ2v) is 4.29. The van der Waals surface area contributed by atoms with Gasteiger partial charge < -0.3 is 15.1 Å². The summed E-state index contributed by atoms with van der Waals surface area (Å²) in [7, 11) is 0. The Morgan fingerprint density at radius 1 is 1.47 bits per heavy atom. The van der Waals surface area contributed by atoms with Crippen molar-refractivity contribution >= 4 is 29.2 Å². The van der Waals surface area contributed by atoms with E-state index in [1.807, 2.05) is 0 Å². The number of hydrogen-bond donors (Lipinski definition) is 2. The summed E-state index contributed by atoms with van der Waals surface area (Å²) in [6.45, 7) is 0.155. The lowest BCUT2D eigenvalue weighted by molar-refractivity contribution is -0.162. The summed E-state index contributed by atoms with van der Waals surface area (Å²) >= 11 is 5.79. The molecule has 1 amide bonds. The van der Waals surface area contributed by atoms with Crippen LogP contribution in [-0.2, 0) is 9.59 Å². The van der Waals surface area contributed by atoms with E-state index >= 15 is 0 Å². The zero-order chi connectivity index (χ0) is 12.6. The van der Waals surface area contributed by atoms with Crippen LogP contribution in [0, 0.1) is 0 Å². The van der Waals surface area contributed by atoms with E-state index in [0.717, 1.165) is 0 Å². The molecule has 1 heterocycles. The van der Waals surface area contributed by atoms with E-state index in [4.69, 9.17) is 16.7 Å². The average Bonchev–Trinajstić information content (AvgIpc) is 2.57. The third kappa shape index (κ3) is 1.87. The lowest BCUT2D eigenvalue weighted by atomic mass is 10.0. The van der Waals surface area contributed by atoms with Crippen molar-refractivity contribution in [3.63, 3.8) is 0 Å². The molecular formula is C11H10ClNO4. The minimum Gasteiger partial charge on any atom is -0.479 e. The highest BCUT2D eigenvalue weighted by atomic mass is 35.5. The SMILES string of the molecule is O=C(O)C1(O)CCN(c2cccc(Cl)c2)C1=O. The van der Waals surface area contributed by atoms with Gasteiger partial charge in [0.25, 0.3) is 5.91 Å². The summed E-state index contributed by atoms with van der Waals surface area (Å²) in [4.78, 5) is 23.9. The Labute approximate surface area is 102 Å². The maximum absolute atomic E-state index is 11.8. The van der Waals surface area contributed by atoms with Crippen LogP contribution in [0.5, 0.6) is 0 Å². The van der Waals surface area contributed by atoms with Gasteiger partial charge in [0.1, 0.15) is 0 Å². The van der Waals surface area contributed by atoms with Crippen LogP contribution in [0.15, 0.2) is 24.3 Å². The molecule has 1 aromatic carbocycles. The maximum Gasteiger partial charge on any atom is 0.345 e. The van der Waals surface area contributed by atoms with Crippen molar-refractivity contribution in [2.24, 2.45) is 0 Å². The second-order valence-electron chi connectivity index (χ2n) is 3.85. The summed E-state index contributed by atoms with van der Waals surface area (Å²) in [5, 5.41) is 19.0. The van der Waals surface area contributed by atoms with Gasteiger partial charge in [-0.3, -0.25) is 4.79 Å². The number of amides is 1. The first-order valence-corrected chi connectivity index (χ1v) is 5.36. The molecule has 1 aromatic rings. The van der Waals surface area contributed by atoms with Crippen LogP contribution in [0.25, 0.3) is 0 Å². The molecule has 1 unspecified atom stereocenters. The quantitative estimate of drug-likeness (QED) is 0.770. The van der Waals surface area contributed by atoms with E-state index in [-0.39, 0.29) is 13.0 Å². The van der Waals surface area contributed by atoms with Crippen molar-refractivity contribution in [2.75, 3.05) is 11.4 Å². The monoisotopic (exact) mass is 255 g/mol. The first-order chi connectivity index (χ1) is 7.95. The minimum atomic E-state index is -2.32. The Hall–Kier alpha value is -1.59. The molecule has 0 aromatic heterocycles. The van der Waals surface area contributed by atoms with E-state index in [0.29, 0.717) is 10.7 Å². The number of aliphatic carboxylic acids is 1. The molecule has 17 heavy (non-hydrogen) atoms.